The van der Waals surface area contributed by atoms with Crippen LogP contribution < -0.4 is 5.32 Å². The highest BCUT2D eigenvalue weighted by Gasteiger charge is 2.28. The summed E-state index contributed by atoms with van der Waals surface area (Å²) in [5.41, 5.74) is -0.821. The molecule has 0 aliphatic heterocycles. The summed E-state index contributed by atoms with van der Waals surface area (Å²) in [5, 5.41) is 5.01. The minimum atomic E-state index is -4.24. The predicted octanol–water partition coefficient (Wildman–Crippen LogP) is 4.37. The Hall–Kier alpha value is -1.21. The molecule has 0 amide bonds. The molecule has 1 N–H and O–H groups in total. The number of thioether (sulfide) groups is 1. The lowest BCUT2D eigenvalue weighted by molar-refractivity contribution is -0.0328. The Morgan fingerprint density at radius 1 is 1.22 bits per heavy atom. The number of aromatic nitrogens is 1. The van der Waals surface area contributed by atoms with E-state index in [0.29, 0.717) is 6.54 Å². The van der Waals surface area contributed by atoms with Crippen LogP contribution in [0.25, 0.3) is 0 Å². The number of rotatable bonds is 4. The van der Waals surface area contributed by atoms with Crippen LogP contribution in [-0.4, -0.2) is 10.5 Å². The van der Waals surface area contributed by atoms with Crippen molar-refractivity contribution in [2.75, 3.05) is 5.32 Å². The molecule has 0 unspecified atom stereocenters. The molecule has 2 nitrogen and oxygen atoms in total. The lowest BCUT2D eigenvalue weighted by atomic mass is 10.3. The van der Waals surface area contributed by atoms with Crippen LogP contribution in [0.5, 0.6) is 0 Å². The number of nitrogens with one attached hydrogen (secondary N) is 1. The lowest BCUT2D eigenvalue weighted by Crippen LogP contribution is -2.00. The minimum absolute atomic E-state index is 0.113. The van der Waals surface area contributed by atoms with Gasteiger partial charge in [0.05, 0.1) is 17.7 Å². The fourth-order valence-electron chi connectivity index (χ4n) is 1.29. The molecule has 0 spiro atoms. The van der Waals surface area contributed by atoms with Gasteiger partial charge in [0.1, 0.15) is 0 Å². The quantitative estimate of drug-likeness (QED) is 0.846. The summed E-state index contributed by atoms with van der Waals surface area (Å²) < 4.78 is 36.3. The summed E-state index contributed by atoms with van der Waals surface area (Å²) in [5.74, 6) is 0. The van der Waals surface area contributed by atoms with Crippen LogP contribution in [0.1, 0.15) is 5.69 Å². The zero-order valence-corrected chi connectivity index (χ0v) is 10.7. The molecule has 0 atom stereocenters. The molecule has 0 saturated carbocycles. The molecule has 0 radical (unpaired) electrons. The van der Waals surface area contributed by atoms with Gasteiger partial charge >= 0.3 is 5.51 Å². The van der Waals surface area contributed by atoms with Crippen molar-refractivity contribution in [3.8, 4) is 0 Å². The van der Waals surface area contributed by atoms with Crippen molar-refractivity contribution in [1.29, 1.82) is 0 Å². The van der Waals surface area contributed by atoms with Crippen LogP contribution in [0.15, 0.2) is 40.1 Å². The highest BCUT2D eigenvalue weighted by molar-refractivity contribution is 8.00. The van der Waals surface area contributed by atoms with Crippen molar-refractivity contribution in [3.05, 3.63) is 40.8 Å². The van der Waals surface area contributed by atoms with Crippen molar-refractivity contribution < 1.29 is 13.2 Å². The molecule has 0 saturated heterocycles. The normalized spacial score (nSPS) is 11.5. The van der Waals surface area contributed by atoms with E-state index in [0.717, 1.165) is 11.4 Å². The molecule has 7 heteroatoms. The molecule has 1 heterocycles. The molecule has 2 rings (SSSR count). The highest BCUT2D eigenvalue weighted by atomic mass is 32.2. The maximum absolute atomic E-state index is 12.1. The van der Waals surface area contributed by atoms with Crippen molar-refractivity contribution >= 4 is 28.8 Å². The second kappa shape index (κ2) is 5.62. The molecule has 2 aromatic rings. The van der Waals surface area contributed by atoms with Crippen molar-refractivity contribution in [2.24, 2.45) is 0 Å². The number of benzene rings is 1. The van der Waals surface area contributed by atoms with Gasteiger partial charge in [-0.3, -0.25) is 0 Å². The fraction of sp³-hybridized carbons (Fsp3) is 0.182. The van der Waals surface area contributed by atoms with E-state index < -0.39 is 5.51 Å². The van der Waals surface area contributed by atoms with Gasteiger partial charge < -0.3 is 5.32 Å². The van der Waals surface area contributed by atoms with E-state index in [-0.39, 0.29) is 16.7 Å². The summed E-state index contributed by atoms with van der Waals surface area (Å²) in [4.78, 5) is 4.28. The Morgan fingerprint density at radius 2 is 1.94 bits per heavy atom. The minimum Gasteiger partial charge on any atom is -0.379 e. The fourth-order valence-corrected chi connectivity index (χ4v) is 2.39. The maximum atomic E-state index is 12.1. The summed E-state index contributed by atoms with van der Waals surface area (Å²) in [7, 11) is 0. The summed E-state index contributed by atoms with van der Waals surface area (Å²) in [6.07, 6.45) is 0. The number of thiazole rings is 1. The molecular weight excluding hydrogens is 281 g/mol. The zero-order valence-electron chi connectivity index (χ0n) is 9.07. The first-order valence-electron chi connectivity index (χ1n) is 5.00. The van der Waals surface area contributed by atoms with Crippen LogP contribution in [0.2, 0.25) is 0 Å². The molecule has 0 aliphatic carbocycles. The standard InChI is InChI=1S/C11H9F3N2S2/c12-11(13,14)18-10-3-1-8(2-4-10)15-5-9-6-17-7-16-9/h1-4,6-7,15H,5H2. The molecule has 1 aromatic carbocycles. The van der Waals surface area contributed by atoms with E-state index in [9.17, 15) is 13.2 Å². The van der Waals surface area contributed by atoms with Crippen molar-refractivity contribution in [3.63, 3.8) is 0 Å². The van der Waals surface area contributed by atoms with Crippen LogP contribution >= 0.6 is 23.1 Å². The van der Waals surface area contributed by atoms with Crippen LogP contribution in [0.3, 0.4) is 0 Å². The van der Waals surface area contributed by atoms with Gasteiger partial charge in [-0.1, -0.05) is 0 Å². The third-order valence-electron chi connectivity index (χ3n) is 2.04. The smallest absolute Gasteiger partial charge is 0.379 e. The summed E-state index contributed by atoms with van der Waals surface area (Å²) in [6.45, 7) is 0.565. The summed E-state index contributed by atoms with van der Waals surface area (Å²) >= 11 is 1.39. The number of halogens is 3. The number of hydrogen-bond acceptors (Lipinski definition) is 4. The van der Waals surface area contributed by atoms with Gasteiger partial charge in [0.2, 0.25) is 0 Å². The molecule has 1 aromatic heterocycles. The Kier molecular flexibility index (Phi) is 4.13. The predicted molar refractivity (Wildman–Crippen MR) is 67.8 cm³/mol. The van der Waals surface area contributed by atoms with Gasteiger partial charge in [-0.25, -0.2) is 4.98 Å². The second-order valence-corrected chi connectivity index (χ2v) is 5.26. The van der Waals surface area contributed by atoms with E-state index in [1.165, 1.54) is 23.5 Å². The van der Waals surface area contributed by atoms with Gasteiger partial charge in [0.25, 0.3) is 0 Å². The number of nitrogens with zero attached hydrogens (tertiary/aromatic N) is 1. The van der Waals surface area contributed by atoms with Crippen LogP contribution in [-0.2, 0) is 6.54 Å². The van der Waals surface area contributed by atoms with Crippen molar-refractivity contribution in [1.82, 2.24) is 4.98 Å². The van der Waals surface area contributed by atoms with Gasteiger partial charge in [-0.2, -0.15) is 13.2 Å². The van der Waals surface area contributed by atoms with Gasteiger partial charge in [-0.15, -0.1) is 11.3 Å². The van der Waals surface area contributed by atoms with E-state index in [1.807, 2.05) is 5.38 Å². The first-order valence-corrected chi connectivity index (χ1v) is 6.75. The topological polar surface area (TPSA) is 24.9 Å². The monoisotopic (exact) mass is 290 g/mol. The Morgan fingerprint density at radius 3 is 2.50 bits per heavy atom. The van der Waals surface area contributed by atoms with Gasteiger partial charge in [0, 0.05) is 16.0 Å². The highest BCUT2D eigenvalue weighted by Crippen LogP contribution is 2.37. The van der Waals surface area contributed by atoms with Crippen LogP contribution in [0, 0.1) is 0 Å². The SMILES string of the molecule is FC(F)(F)Sc1ccc(NCc2cscn2)cc1. The van der Waals surface area contributed by atoms with Gasteiger partial charge in [-0.05, 0) is 36.0 Å². The van der Waals surface area contributed by atoms with Crippen molar-refractivity contribution in [2.45, 2.75) is 16.9 Å². The zero-order chi connectivity index (χ0) is 13.0. The third kappa shape index (κ3) is 4.23. The Bertz CT molecular complexity index is 480. The maximum Gasteiger partial charge on any atom is 0.446 e. The largest absolute Gasteiger partial charge is 0.446 e. The first-order chi connectivity index (χ1) is 8.53. The molecule has 0 fully saturated rings. The Balaban J connectivity index is 1.91. The number of alkyl halides is 3. The van der Waals surface area contributed by atoms with E-state index in [1.54, 1.807) is 17.6 Å². The molecule has 96 valence electrons. The average molecular weight is 290 g/mol. The van der Waals surface area contributed by atoms with E-state index >= 15 is 0 Å². The third-order valence-corrected chi connectivity index (χ3v) is 3.42. The lowest BCUT2D eigenvalue weighted by Gasteiger charge is -2.07. The van der Waals surface area contributed by atoms with E-state index in [4.69, 9.17) is 0 Å². The molecule has 18 heavy (non-hydrogen) atoms. The molecule has 0 aliphatic rings. The van der Waals surface area contributed by atoms with E-state index in [2.05, 4.69) is 10.3 Å². The molecule has 0 bridgehead atoms. The number of hydrogen-bond donors (Lipinski definition) is 1. The second-order valence-electron chi connectivity index (χ2n) is 3.41. The average Bonchev–Trinajstić information content (AvgIpc) is 2.79. The molecular formula is C11H9F3N2S2. The van der Waals surface area contributed by atoms with Gasteiger partial charge in [0.15, 0.2) is 0 Å². The Labute approximate surface area is 110 Å². The summed E-state index contributed by atoms with van der Waals surface area (Å²) in [6, 6.07) is 6.14. The number of anilines is 1. The van der Waals surface area contributed by atoms with Crippen LogP contribution in [0.4, 0.5) is 18.9 Å². The first kappa shape index (κ1) is 13.2.